The summed E-state index contributed by atoms with van der Waals surface area (Å²) in [7, 11) is -1.81. The van der Waals surface area contributed by atoms with Crippen molar-refractivity contribution < 1.29 is 14.0 Å². The third kappa shape index (κ3) is 2.36. The van der Waals surface area contributed by atoms with Crippen LogP contribution in [0, 0.1) is 0 Å². The van der Waals surface area contributed by atoms with E-state index in [9.17, 15) is 4.79 Å². The molecule has 14 heavy (non-hydrogen) atoms. The Hall–Kier alpha value is -0.353. The summed E-state index contributed by atoms with van der Waals surface area (Å²) in [5.74, 6) is -0.185. The molecule has 0 amide bonds. The first kappa shape index (κ1) is 11.7. The van der Waals surface area contributed by atoms with Crippen molar-refractivity contribution in [3.8, 4) is 0 Å². The Morgan fingerprint density at radius 1 is 1.43 bits per heavy atom. The quantitative estimate of drug-likeness (QED) is 0.525. The van der Waals surface area contributed by atoms with Crippen LogP contribution in [0.25, 0.3) is 0 Å². The number of hydrogen-bond donors (Lipinski definition) is 0. The molecule has 1 saturated heterocycles. The van der Waals surface area contributed by atoms with E-state index in [0.717, 1.165) is 0 Å². The molecule has 1 rings (SSSR count). The van der Waals surface area contributed by atoms with Gasteiger partial charge in [0.15, 0.2) is 8.32 Å². The minimum atomic E-state index is -1.81. The van der Waals surface area contributed by atoms with Crippen LogP contribution in [0.1, 0.15) is 27.2 Å². The van der Waals surface area contributed by atoms with Gasteiger partial charge in [-0.3, -0.25) is 0 Å². The van der Waals surface area contributed by atoms with Gasteiger partial charge < -0.3 is 9.16 Å². The Morgan fingerprint density at radius 3 is 2.36 bits per heavy atom. The minimum absolute atomic E-state index is 0.149. The highest BCUT2D eigenvalue weighted by molar-refractivity contribution is 6.74. The van der Waals surface area contributed by atoms with Crippen LogP contribution in [0.5, 0.6) is 0 Å². The minimum Gasteiger partial charge on any atom is -0.464 e. The van der Waals surface area contributed by atoms with E-state index >= 15 is 0 Å². The molecule has 0 N–H and O–H groups in total. The van der Waals surface area contributed by atoms with Gasteiger partial charge in [-0.1, -0.05) is 20.8 Å². The highest BCUT2D eigenvalue weighted by Crippen LogP contribution is 2.38. The average Bonchev–Trinajstić information content (AvgIpc) is 2.33. The monoisotopic (exact) mass is 216 g/mol. The van der Waals surface area contributed by atoms with Crippen molar-refractivity contribution in [1.82, 2.24) is 0 Å². The van der Waals surface area contributed by atoms with E-state index in [1.807, 2.05) is 0 Å². The molecule has 1 heterocycles. The summed E-state index contributed by atoms with van der Waals surface area (Å²) in [5, 5.41) is 0.149. The highest BCUT2D eigenvalue weighted by atomic mass is 28.4. The first-order valence-electron chi connectivity index (χ1n) is 5.08. The van der Waals surface area contributed by atoms with Crippen LogP contribution in [0.15, 0.2) is 0 Å². The van der Waals surface area contributed by atoms with Gasteiger partial charge in [0.1, 0.15) is 6.10 Å². The number of hydrogen-bond acceptors (Lipinski definition) is 3. The molecule has 0 radical (unpaired) electrons. The lowest BCUT2D eigenvalue weighted by molar-refractivity contribution is -0.143. The van der Waals surface area contributed by atoms with Crippen LogP contribution in [-0.4, -0.2) is 27.0 Å². The van der Waals surface area contributed by atoms with Crippen molar-refractivity contribution in [2.75, 3.05) is 6.61 Å². The summed E-state index contributed by atoms with van der Waals surface area (Å²) in [6.45, 7) is 11.3. The van der Waals surface area contributed by atoms with Gasteiger partial charge >= 0.3 is 5.97 Å². The van der Waals surface area contributed by atoms with E-state index in [0.29, 0.717) is 13.0 Å². The van der Waals surface area contributed by atoms with Crippen molar-refractivity contribution in [3.05, 3.63) is 0 Å². The van der Waals surface area contributed by atoms with Crippen LogP contribution in [0.2, 0.25) is 18.1 Å². The third-order valence-electron chi connectivity index (χ3n) is 3.13. The predicted molar refractivity (Wildman–Crippen MR) is 57.6 cm³/mol. The molecule has 1 atom stereocenters. The van der Waals surface area contributed by atoms with Gasteiger partial charge in [-0.05, 0) is 18.1 Å². The first-order chi connectivity index (χ1) is 6.24. The molecule has 3 nitrogen and oxygen atoms in total. The third-order valence-corrected chi connectivity index (χ3v) is 7.62. The van der Waals surface area contributed by atoms with Crippen molar-refractivity contribution in [3.63, 3.8) is 0 Å². The molecular weight excluding hydrogens is 196 g/mol. The zero-order chi connectivity index (χ0) is 11.0. The van der Waals surface area contributed by atoms with Crippen LogP contribution >= 0.6 is 0 Å². The Bertz CT molecular complexity index is 230. The standard InChI is InChI=1S/C10H20O3Si/c1-10(2,3)14(4,5)13-8-6-7-12-9(8)11/h8H,6-7H2,1-5H3/t8-/m1/s1. The normalized spacial score (nSPS) is 23.8. The molecular formula is C10H20O3Si. The van der Waals surface area contributed by atoms with E-state index in [2.05, 4.69) is 33.9 Å². The van der Waals surface area contributed by atoms with E-state index in [4.69, 9.17) is 9.16 Å². The Balaban J connectivity index is 2.63. The van der Waals surface area contributed by atoms with Crippen molar-refractivity contribution in [2.45, 2.75) is 51.4 Å². The fourth-order valence-corrected chi connectivity index (χ4v) is 2.40. The smallest absolute Gasteiger partial charge is 0.334 e. The maximum absolute atomic E-state index is 11.3. The van der Waals surface area contributed by atoms with E-state index in [-0.39, 0.29) is 17.1 Å². The molecule has 0 bridgehead atoms. The molecule has 1 aliphatic rings. The molecule has 0 unspecified atom stereocenters. The summed E-state index contributed by atoms with van der Waals surface area (Å²) in [6.07, 6.45) is 0.404. The van der Waals surface area contributed by atoms with Crippen LogP contribution in [0.4, 0.5) is 0 Å². The van der Waals surface area contributed by atoms with Crippen molar-refractivity contribution in [1.29, 1.82) is 0 Å². The van der Waals surface area contributed by atoms with Gasteiger partial charge in [0.2, 0.25) is 0 Å². The first-order valence-corrected chi connectivity index (χ1v) is 7.99. The van der Waals surface area contributed by atoms with Crippen molar-refractivity contribution >= 4 is 14.3 Å². The maximum atomic E-state index is 11.3. The summed E-state index contributed by atoms with van der Waals surface area (Å²) in [5.41, 5.74) is 0. The summed E-state index contributed by atoms with van der Waals surface area (Å²) in [4.78, 5) is 11.3. The van der Waals surface area contributed by atoms with Gasteiger partial charge in [-0.15, -0.1) is 0 Å². The zero-order valence-corrected chi connectivity index (χ0v) is 10.7. The SMILES string of the molecule is CC(C)(C)[Si](C)(C)O[C@@H]1CCOC1=O. The van der Waals surface area contributed by atoms with Crippen LogP contribution in [0.3, 0.4) is 0 Å². The van der Waals surface area contributed by atoms with E-state index in [1.54, 1.807) is 0 Å². The number of ether oxygens (including phenoxy) is 1. The molecule has 0 spiro atoms. The van der Waals surface area contributed by atoms with Gasteiger partial charge in [-0.25, -0.2) is 4.79 Å². The molecule has 0 aromatic heterocycles. The van der Waals surface area contributed by atoms with Gasteiger partial charge in [0, 0.05) is 6.42 Å². The van der Waals surface area contributed by atoms with Gasteiger partial charge in [0.25, 0.3) is 0 Å². The number of rotatable bonds is 2. The highest BCUT2D eigenvalue weighted by Gasteiger charge is 2.42. The lowest BCUT2D eigenvalue weighted by atomic mass is 10.2. The summed E-state index contributed by atoms with van der Waals surface area (Å²) < 4.78 is 10.8. The summed E-state index contributed by atoms with van der Waals surface area (Å²) in [6, 6.07) is 0. The topological polar surface area (TPSA) is 35.5 Å². The number of esters is 1. The molecule has 0 aromatic rings. The maximum Gasteiger partial charge on any atom is 0.334 e. The largest absolute Gasteiger partial charge is 0.464 e. The Labute approximate surface area is 86.9 Å². The molecule has 4 heteroatoms. The number of cyclic esters (lactones) is 1. The molecule has 1 fully saturated rings. The van der Waals surface area contributed by atoms with Crippen LogP contribution in [-0.2, 0) is 14.0 Å². The Kier molecular flexibility index (Phi) is 3.06. The lowest BCUT2D eigenvalue weighted by Gasteiger charge is -2.37. The van der Waals surface area contributed by atoms with Crippen LogP contribution < -0.4 is 0 Å². The molecule has 0 saturated carbocycles. The van der Waals surface area contributed by atoms with Crippen molar-refractivity contribution in [2.24, 2.45) is 0 Å². The predicted octanol–water partition coefficient (Wildman–Crippen LogP) is 2.32. The second kappa shape index (κ2) is 3.66. The second-order valence-electron chi connectivity index (χ2n) is 5.32. The van der Waals surface area contributed by atoms with Gasteiger partial charge in [-0.2, -0.15) is 0 Å². The second-order valence-corrected chi connectivity index (χ2v) is 10.1. The number of carbonyl (C=O) groups excluding carboxylic acids is 1. The fourth-order valence-electron chi connectivity index (χ4n) is 1.12. The van der Waals surface area contributed by atoms with E-state index in [1.165, 1.54) is 0 Å². The zero-order valence-electron chi connectivity index (χ0n) is 9.72. The molecule has 1 aliphatic heterocycles. The Morgan fingerprint density at radius 2 is 2.00 bits per heavy atom. The fraction of sp³-hybridized carbons (Fsp3) is 0.900. The molecule has 0 aliphatic carbocycles. The molecule has 0 aromatic carbocycles. The molecule has 82 valence electrons. The summed E-state index contributed by atoms with van der Waals surface area (Å²) >= 11 is 0. The van der Waals surface area contributed by atoms with E-state index < -0.39 is 8.32 Å². The average molecular weight is 216 g/mol. The number of carbonyl (C=O) groups is 1. The lowest BCUT2D eigenvalue weighted by Crippen LogP contribution is -2.45. The van der Waals surface area contributed by atoms with Gasteiger partial charge in [0.05, 0.1) is 6.61 Å².